The molecule has 2 aromatic carbocycles. The van der Waals surface area contributed by atoms with Gasteiger partial charge in [-0.3, -0.25) is 19.7 Å². The lowest BCUT2D eigenvalue weighted by Crippen LogP contribution is -2.43. The number of hydrogen-bond acceptors (Lipinski definition) is 6. The molecule has 0 spiro atoms. The van der Waals surface area contributed by atoms with E-state index in [-0.39, 0.29) is 30.1 Å². The lowest BCUT2D eigenvalue weighted by Gasteiger charge is -2.17. The molecule has 0 radical (unpaired) electrons. The van der Waals surface area contributed by atoms with Crippen LogP contribution in [0, 0.1) is 10.1 Å². The third-order valence-corrected chi connectivity index (χ3v) is 5.09. The molecule has 10 nitrogen and oxygen atoms in total. The highest BCUT2D eigenvalue weighted by Gasteiger charge is 2.22. The van der Waals surface area contributed by atoms with E-state index < -0.39 is 22.8 Å². The lowest BCUT2D eigenvalue weighted by atomic mass is 10.1. The topological polar surface area (TPSA) is 133 Å². The highest BCUT2D eigenvalue weighted by molar-refractivity contribution is 6.03. The molecule has 0 saturated carbocycles. The molecule has 1 heterocycles. The third kappa shape index (κ3) is 6.28. The van der Waals surface area contributed by atoms with Crippen molar-refractivity contribution in [3.8, 4) is 0 Å². The van der Waals surface area contributed by atoms with Crippen molar-refractivity contribution in [2.45, 2.75) is 18.9 Å². The van der Waals surface area contributed by atoms with Gasteiger partial charge in [0.15, 0.2) is 0 Å². The molecule has 0 unspecified atom stereocenters. The number of hydrogen-bond donors (Lipinski definition) is 2. The highest BCUT2D eigenvalue weighted by atomic mass is 16.6. The summed E-state index contributed by atoms with van der Waals surface area (Å²) in [6.45, 7) is 0. The van der Waals surface area contributed by atoms with Crippen molar-refractivity contribution in [1.82, 2.24) is 9.88 Å². The molecule has 0 aliphatic heterocycles. The van der Waals surface area contributed by atoms with Crippen LogP contribution in [0.15, 0.2) is 66.9 Å². The van der Waals surface area contributed by atoms with E-state index in [1.54, 1.807) is 24.3 Å². The molecule has 3 aromatic rings. The molecular weight excluding hydrogens is 440 g/mol. The summed E-state index contributed by atoms with van der Waals surface area (Å²) in [4.78, 5) is 47.7. The predicted octanol–water partition coefficient (Wildman–Crippen LogP) is 2.63. The number of anilines is 1. The lowest BCUT2D eigenvalue weighted by molar-refractivity contribution is -0.384. The summed E-state index contributed by atoms with van der Waals surface area (Å²) in [5.41, 5.74) is 1.85. The fourth-order valence-corrected chi connectivity index (χ4v) is 3.44. The molecule has 34 heavy (non-hydrogen) atoms. The molecule has 3 rings (SSSR count). The molecule has 1 atom stereocenters. The Labute approximate surface area is 195 Å². The number of aromatic nitrogens is 1. The zero-order chi connectivity index (χ0) is 24.7. The van der Waals surface area contributed by atoms with Gasteiger partial charge in [0.2, 0.25) is 5.91 Å². The molecule has 0 fully saturated rings. The third-order valence-electron chi connectivity index (χ3n) is 5.09. The molecule has 0 aliphatic carbocycles. The van der Waals surface area contributed by atoms with Crippen LogP contribution >= 0.6 is 0 Å². The molecule has 1 aromatic heterocycles. The van der Waals surface area contributed by atoms with E-state index in [1.807, 2.05) is 30.3 Å². The Morgan fingerprint density at radius 3 is 2.41 bits per heavy atom. The molecule has 10 heteroatoms. The Bertz CT molecular complexity index is 1210. The maximum Gasteiger partial charge on any atom is 0.328 e. The van der Waals surface area contributed by atoms with Crippen LogP contribution in [-0.4, -0.2) is 40.4 Å². The van der Waals surface area contributed by atoms with Crippen LogP contribution < -0.4 is 10.6 Å². The molecule has 176 valence electrons. The number of benzene rings is 2. The minimum absolute atomic E-state index is 0.0262. The summed E-state index contributed by atoms with van der Waals surface area (Å²) in [5, 5.41) is 16.3. The smallest absolute Gasteiger partial charge is 0.328 e. The number of esters is 1. The number of aryl methyl sites for hydroxylation is 1. The normalized spacial score (nSPS) is 11.4. The van der Waals surface area contributed by atoms with Gasteiger partial charge in [-0.15, -0.1) is 0 Å². The van der Waals surface area contributed by atoms with Crippen LogP contribution in [0.5, 0.6) is 0 Å². The average molecular weight is 464 g/mol. The van der Waals surface area contributed by atoms with Crippen LogP contribution in [0.25, 0.3) is 0 Å². The SMILES string of the molecule is COC(=O)[C@H](Cc1ccccc1)NC(=O)Cc1cccc(NC(=O)c2cc([N+](=O)[O-])cn2C)c1. The summed E-state index contributed by atoms with van der Waals surface area (Å²) >= 11 is 0. The molecule has 0 aliphatic rings. The standard InChI is InChI=1S/C24H24N4O6/c1-27-15-19(28(32)33)14-21(27)23(30)25-18-10-6-9-17(11-18)13-22(29)26-20(24(31)34-2)12-16-7-4-3-5-8-16/h3-11,14-15,20H,12-13H2,1-2H3,(H,25,30)(H,26,29)/t20-/m0/s1. The average Bonchev–Trinajstić information content (AvgIpc) is 3.21. The van der Waals surface area contributed by atoms with Gasteiger partial charge in [0.05, 0.1) is 24.7 Å². The molecular formula is C24H24N4O6. The zero-order valence-electron chi connectivity index (χ0n) is 18.7. The zero-order valence-corrected chi connectivity index (χ0v) is 18.7. The quantitative estimate of drug-likeness (QED) is 0.284. The fraction of sp³-hybridized carbons (Fsp3) is 0.208. The number of amides is 2. The van der Waals surface area contributed by atoms with Crippen molar-refractivity contribution in [2.75, 3.05) is 12.4 Å². The number of nitro groups is 1. The number of nitrogens with zero attached hydrogens (tertiary/aromatic N) is 2. The van der Waals surface area contributed by atoms with Crippen LogP contribution in [-0.2, 0) is 34.2 Å². The van der Waals surface area contributed by atoms with E-state index in [1.165, 1.54) is 31.0 Å². The molecule has 2 N–H and O–H groups in total. The van der Waals surface area contributed by atoms with E-state index in [0.717, 1.165) is 5.56 Å². The Kier molecular flexibility index (Phi) is 7.75. The van der Waals surface area contributed by atoms with Crippen molar-refractivity contribution < 1.29 is 24.0 Å². The number of ether oxygens (including phenoxy) is 1. The van der Waals surface area contributed by atoms with Crippen LogP contribution in [0.1, 0.15) is 21.6 Å². The van der Waals surface area contributed by atoms with Crippen molar-refractivity contribution >= 4 is 29.2 Å². The summed E-state index contributed by atoms with van der Waals surface area (Å²) < 4.78 is 6.19. The number of carbonyl (C=O) groups is 3. The van der Waals surface area contributed by atoms with Gasteiger partial charge in [-0.2, -0.15) is 0 Å². The second-order valence-corrected chi connectivity index (χ2v) is 7.62. The van der Waals surface area contributed by atoms with Crippen molar-refractivity contribution in [3.63, 3.8) is 0 Å². The predicted molar refractivity (Wildman–Crippen MR) is 124 cm³/mol. The van der Waals surface area contributed by atoms with Crippen LogP contribution in [0.3, 0.4) is 0 Å². The van der Waals surface area contributed by atoms with E-state index in [0.29, 0.717) is 11.3 Å². The Morgan fingerprint density at radius 2 is 1.76 bits per heavy atom. The summed E-state index contributed by atoms with van der Waals surface area (Å²) in [6, 6.07) is 16.3. The van der Waals surface area contributed by atoms with Gasteiger partial charge < -0.3 is 19.9 Å². The fourth-order valence-electron chi connectivity index (χ4n) is 3.44. The Balaban J connectivity index is 1.65. The number of nitrogens with one attached hydrogen (secondary N) is 2. The Hall–Kier alpha value is -4.47. The van der Waals surface area contributed by atoms with Gasteiger partial charge >= 0.3 is 5.97 Å². The maximum absolute atomic E-state index is 12.6. The van der Waals surface area contributed by atoms with Gasteiger partial charge in [0, 0.05) is 25.2 Å². The first kappa shape index (κ1) is 24.2. The summed E-state index contributed by atoms with van der Waals surface area (Å²) in [5.74, 6) is -1.45. The highest BCUT2D eigenvalue weighted by Crippen LogP contribution is 2.18. The van der Waals surface area contributed by atoms with E-state index in [4.69, 9.17) is 4.74 Å². The van der Waals surface area contributed by atoms with E-state index in [9.17, 15) is 24.5 Å². The van der Waals surface area contributed by atoms with Crippen molar-refractivity contribution in [1.29, 1.82) is 0 Å². The summed E-state index contributed by atoms with van der Waals surface area (Å²) in [6.07, 6.45) is 1.52. The van der Waals surface area contributed by atoms with Gasteiger partial charge in [-0.1, -0.05) is 42.5 Å². The van der Waals surface area contributed by atoms with Gasteiger partial charge in [-0.25, -0.2) is 4.79 Å². The largest absolute Gasteiger partial charge is 0.467 e. The van der Waals surface area contributed by atoms with Crippen molar-refractivity contribution in [2.24, 2.45) is 7.05 Å². The molecule has 2 amide bonds. The molecule has 0 bridgehead atoms. The first-order chi connectivity index (χ1) is 16.3. The maximum atomic E-state index is 12.6. The second kappa shape index (κ2) is 10.9. The van der Waals surface area contributed by atoms with Gasteiger partial charge in [0.25, 0.3) is 11.6 Å². The number of carbonyl (C=O) groups excluding carboxylic acids is 3. The van der Waals surface area contributed by atoms with Gasteiger partial charge in [-0.05, 0) is 23.3 Å². The Morgan fingerprint density at radius 1 is 1.06 bits per heavy atom. The summed E-state index contributed by atoms with van der Waals surface area (Å²) in [7, 11) is 2.80. The van der Waals surface area contributed by atoms with Crippen molar-refractivity contribution in [3.05, 3.63) is 93.8 Å². The minimum Gasteiger partial charge on any atom is -0.467 e. The minimum atomic E-state index is -0.837. The monoisotopic (exact) mass is 464 g/mol. The first-order valence-corrected chi connectivity index (χ1v) is 10.4. The first-order valence-electron chi connectivity index (χ1n) is 10.4. The molecule has 0 saturated heterocycles. The van der Waals surface area contributed by atoms with Crippen LogP contribution in [0.4, 0.5) is 11.4 Å². The van der Waals surface area contributed by atoms with E-state index >= 15 is 0 Å². The van der Waals surface area contributed by atoms with Gasteiger partial charge in [0.1, 0.15) is 11.7 Å². The number of methoxy groups -OCH3 is 1. The van der Waals surface area contributed by atoms with E-state index in [2.05, 4.69) is 10.6 Å². The number of rotatable bonds is 9. The van der Waals surface area contributed by atoms with Crippen LogP contribution in [0.2, 0.25) is 0 Å². The second-order valence-electron chi connectivity index (χ2n) is 7.62.